The van der Waals surface area contributed by atoms with Crippen molar-refractivity contribution in [1.82, 2.24) is 9.78 Å². The van der Waals surface area contributed by atoms with Crippen molar-refractivity contribution in [3.8, 4) is 6.07 Å². The van der Waals surface area contributed by atoms with Crippen LogP contribution < -0.4 is 0 Å². The molecule has 1 aromatic rings. The highest BCUT2D eigenvalue weighted by Gasteiger charge is 2.33. The molecule has 19 heavy (non-hydrogen) atoms. The summed E-state index contributed by atoms with van der Waals surface area (Å²) < 4.78 is 3.18. The number of hydrogen-bond donors (Lipinski definition) is 0. The maximum absolute atomic E-state index is 9.40. The second-order valence-corrected chi connectivity index (χ2v) is 6.49. The fourth-order valence-corrected chi connectivity index (χ4v) is 3.55. The lowest BCUT2D eigenvalue weighted by atomic mass is 9.77. The third-order valence-corrected chi connectivity index (χ3v) is 5.49. The van der Waals surface area contributed by atoms with Gasteiger partial charge in [-0.2, -0.15) is 10.4 Å². The first-order valence-electron chi connectivity index (χ1n) is 7.19. The van der Waals surface area contributed by atoms with E-state index in [0.717, 1.165) is 34.6 Å². The third kappa shape index (κ3) is 2.86. The van der Waals surface area contributed by atoms with Crippen LogP contribution >= 0.6 is 15.9 Å². The number of rotatable bonds is 3. The summed E-state index contributed by atoms with van der Waals surface area (Å²) in [6.07, 6.45) is 5.82. The Hall–Kier alpha value is -0.820. The molecule has 1 fully saturated rings. The monoisotopic (exact) mass is 323 g/mol. The molecule has 0 aromatic carbocycles. The number of aromatic nitrogens is 2. The molecule has 0 amide bonds. The quantitative estimate of drug-likeness (QED) is 0.819. The van der Waals surface area contributed by atoms with Gasteiger partial charge in [-0.1, -0.05) is 19.8 Å². The molecule has 0 radical (unpaired) electrons. The Balaban J connectivity index is 2.27. The molecular weight excluding hydrogens is 302 g/mol. The predicted molar refractivity (Wildman–Crippen MR) is 79.8 cm³/mol. The van der Waals surface area contributed by atoms with Crippen molar-refractivity contribution >= 4 is 15.9 Å². The van der Waals surface area contributed by atoms with Crippen molar-refractivity contribution in [2.24, 2.45) is 11.8 Å². The predicted octanol–water partition coefficient (Wildman–Crippen LogP) is 4.54. The zero-order valence-corrected chi connectivity index (χ0v) is 13.6. The van der Waals surface area contributed by atoms with Gasteiger partial charge in [0.2, 0.25) is 0 Å². The van der Waals surface area contributed by atoms with Gasteiger partial charge < -0.3 is 0 Å². The van der Waals surface area contributed by atoms with E-state index in [0.29, 0.717) is 0 Å². The van der Waals surface area contributed by atoms with E-state index >= 15 is 0 Å². The van der Waals surface area contributed by atoms with Gasteiger partial charge in [-0.3, -0.25) is 4.68 Å². The zero-order valence-electron chi connectivity index (χ0n) is 12.0. The molecule has 0 bridgehead atoms. The van der Waals surface area contributed by atoms with Gasteiger partial charge >= 0.3 is 0 Å². The maximum atomic E-state index is 9.40. The first-order valence-corrected chi connectivity index (χ1v) is 7.98. The van der Waals surface area contributed by atoms with E-state index in [1.807, 2.05) is 6.92 Å². The fraction of sp³-hybridized carbons (Fsp3) is 0.733. The van der Waals surface area contributed by atoms with Gasteiger partial charge in [-0.25, -0.2) is 0 Å². The van der Waals surface area contributed by atoms with Crippen molar-refractivity contribution in [3.63, 3.8) is 0 Å². The maximum Gasteiger partial charge on any atom is 0.0738 e. The van der Waals surface area contributed by atoms with E-state index in [4.69, 9.17) is 0 Å². The lowest BCUT2D eigenvalue weighted by molar-refractivity contribution is 0.196. The number of halogens is 1. The largest absolute Gasteiger partial charge is 0.264 e. The average Bonchev–Trinajstić information content (AvgIpc) is 2.67. The van der Waals surface area contributed by atoms with Gasteiger partial charge in [0.15, 0.2) is 0 Å². The molecule has 0 spiro atoms. The van der Waals surface area contributed by atoms with Crippen LogP contribution in [0.5, 0.6) is 0 Å². The summed E-state index contributed by atoms with van der Waals surface area (Å²) in [6, 6.07) is 2.75. The van der Waals surface area contributed by atoms with E-state index < -0.39 is 0 Å². The van der Waals surface area contributed by atoms with Gasteiger partial charge in [0.25, 0.3) is 0 Å². The van der Waals surface area contributed by atoms with Crippen LogP contribution in [0.1, 0.15) is 56.5 Å². The highest BCUT2D eigenvalue weighted by Crippen LogP contribution is 2.40. The molecular formula is C15H22BrN3. The van der Waals surface area contributed by atoms with Gasteiger partial charge in [0.1, 0.15) is 0 Å². The van der Waals surface area contributed by atoms with E-state index in [9.17, 15) is 5.26 Å². The average molecular weight is 324 g/mol. The molecule has 0 aliphatic heterocycles. The van der Waals surface area contributed by atoms with Crippen LogP contribution in [0.15, 0.2) is 4.47 Å². The van der Waals surface area contributed by atoms with Gasteiger partial charge in [0, 0.05) is 0 Å². The highest BCUT2D eigenvalue weighted by molar-refractivity contribution is 9.10. The Morgan fingerprint density at radius 1 is 1.42 bits per heavy atom. The SMILES string of the molecule is CCCC1CCC(C#N)C(n2nc(C)c(Br)c2C)C1. The minimum Gasteiger partial charge on any atom is -0.264 e. The normalized spacial score (nSPS) is 27.2. The Kier molecular flexibility index (Phi) is 4.67. The van der Waals surface area contributed by atoms with Gasteiger partial charge in [-0.05, 0) is 55.0 Å². The molecule has 1 aliphatic carbocycles. The highest BCUT2D eigenvalue weighted by atomic mass is 79.9. The molecule has 4 heteroatoms. The zero-order chi connectivity index (χ0) is 14.0. The van der Waals surface area contributed by atoms with Crippen molar-refractivity contribution < 1.29 is 0 Å². The topological polar surface area (TPSA) is 41.6 Å². The first-order chi connectivity index (χ1) is 9.08. The summed E-state index contributed by atoms with van der Waals surface area (Å²) in [5.41, 5.74) is 2.17. The number of hydrogen-bond acceptors (Lipinski definition) is 2. The lowest BCUT2D eigenvalue weighted by Gasteiger charge is -2.33. The van der Waals surface area contributed by atoms with Crippen LogP contribution in [0, 0.1) is 37.0 Å². The number of nitrogens with zero attached hydrogens (tertiary/aromatic N) is 3. The lowest BCUT2D eigenvalue weighted by Crippen LogP contribution is -2.28. The summed E-state index contributed by atoms with van der Waals surface area (Å²) in [5.74, 6) is 0.861. The van der Waals surface area contributed by atoms with Crippen molar-refractivity contribution in [2.45, 2.75) is 58.9 Å². The standard InChI is InChI=1S/C15H22BrN3/c1-4-5-12-6-7-13(9-17)14(8-12)19-11(3)15(16)10(2)18-19/h12-14H,4-8H2,1-3H3. The summed E-state index contributed by atoms with van der Waals surface area (Å²) in [7, 11) is 0. The molecule has 0 saturated heterocycles. The van der Waals surface area contributed by atoms with Crippen LogP contribution in [-0.4, -0.2) is 9.78 Å². The van der Waals surface area contributed by atoms with Crippen LogP contribution in [0.3, 0.4) is 0 Å². The summed E-state index contributed by atoms with van der Waals surface area (Å²) >= 11 is 3.59. The molecule has 3 atom stereocenters. The Bertz CT molecular complexity index is 486. The number of aryl methyl sites for hydroxylation is 1. The molecule has 1 aliphatic rings. The van der Waals surface area contributed by atoms with Crippen molar-refractivity contribution in [2.75, 3.05) is 0 Å². The van der Waals surface area contributed by atoms with Gasteiger partial charge in [-0.15, -0.1) is 0 Å². The first kappa shape index (κ1) is 14.6. The summed E-state index contributed by atoms with van der Waals surface area (Å²) in [4.78, 5) is 0. The summed E-state index contributed by atoms with van der Waals surface area (Å²) in [5, 5.41) is 14.0. The van der Waals surface area contributed by atoms with Crippen LogP contribution in [0.4, 0.5) is 0 Å². The van der Waals surface area contributed by atoms with Crippen molar-refractivity contribution in [1.29, 1.82) is 5.26 Å². The fourth-order valence-electron chi connectivity index (χ4n) is 3.29. The van der Waals surface area contributed by atoms with E-state index in [2.05, 4.69) is 45.6 Å². The third-order valence-electron chi connectivity index (χ3n) is 4.34. The Morgan fingerprint density at radius 3 is 2.68 bits per heavy atom. The minimum atomic E-state index is 0.109. The van der Waals surface area contributed by atoms with Crippen molar-refractivity contribution in [3.05, 3.63) is 15.9 Å². The minimum absolute atomic E-state index is 0.109. The molecule has 1 saturated carbocycles. The summed E-state index contributed by atoms with van der Waals surface area (Å²) in [6.45, 7) is 6.34. The Morgan fingerprint density at radius 2 is 2.16 bits per heavy atom. The van der Waals surface area contributed by atoms with E-state index in [1.165, 1.54) is 19.3 Å². The van der Waals surface area contributed by atoms with Crippen LogP contribution in [-0.2, 0) is 0 Å². The smallest absolute Gasteiger partial charge is 0.0738 e. The van der Waals surface area contributed by atoms with Gasteiger partial charge in [0.05, 0.1) is 33.9 Å². The molecule has 2 rings (SSSR count). The van der Waals surface area contributed by atoms with E-state index in [-0.39, 0.29) is 12.0 Å². The Labute approximate surface area is 124 Å². The van der Waals surface area contributed by atoms with Crippen LogP contribution in [0.25, 0.3) is 0 Å². The van der Waals surface area contributed by atoms with E-state index in [1.54, 1.807) is 0 Å². The molecule has 1 aromatic heterocycles. The molecule has 104 valence electrons. The van der Waals surface area contributed by atoms with Crippen LogP contribution in [0.2, 0.25) is 0 Å². The molecule has 3 nitrogen and oxygen atoms in total. The molecule has 1 heterocycles. The second kappa shape index (κ2) is 6.09. The molecule has 3 unspecified atom stereocenters. The second-order valence-electron chi connectivity index (χ2n) is 5.70. The number of nitriles is 1. The molecule has 0 N–H and O–H groups in total.